The third kappa shape index (κ3) is 1.33. The van der Waals surface area contributed by atoms with Crippen molar-refractivity contribution in [3.63, 3.8) is 0 Å². The Labute approximate surface area is 76.9 Å². The second kappa shape index (κ2) is 2.92. The molecule has 70 valence electrons. The van der Waals surface area contributed by atoms with Gasteiger partial charge in [0.25, 0.3) is 0 Å². The summed E-state index contributed by atoms with van der Waals surface area (Å²) in [5.74, 6) is 0.218. The predicted molar refractivity (Wildman–Crippen MR) is 50.6 cm³/mol. The van der Waals surface area contributed by atoms with Gasteiger partial charge in [-0.05, 0) is 20.8 Å². The first kappa shape index (κ1) is 9.86. The molecule has 4 heteroatoms. The molecule has 1 atom stereocenters. The minimum absolute atomic E-state index is 0.239. The third-order valence-electron chi connectivity index (χ3n) is 2.68. The Morgan fingerprint density at radius 1 is 1.50 bits per heavy atom. The standard InChI is InChI=1S/C8H15NO2S/c1-7(2)8(3,6(10)11)9-4-5-12-7/h9H,4-5H2,1-3H3,(H,10,11)/t8-/m0/s1. The van der Waals surface area contributed by atoms with Gasteiger partial charge >= 0.3 is 5.97 Å². The van der Waals surface area contributed by atoms with E-state index >= 15 is 0 Å². The molecule has 0 spiro atoms. The highest BCUT2D eigenvalue weighted by atomic mass is 32.2. The van der Waals surface area contributed by atoms with Gasteiger partial charge in [-0.25, -0.2) is 0 Å². The highest BCUT2D eigenvalue weighted by Crippen LogP contribution is 2.38. The maximum absolute atomic E-state index is 11.0. The normalized spacial score (nSPS) is 34.6. The molecule has 0 radical (unpaired) electrons. The van der Waals surface area contributed by atoms with Gasteiger partial charge in [-0.2, -0.15) is 11.8 Å². The SMILES string of the molecule is CC1(C)SCCN[C@@]1(C)C(=O)O. The van der Waals surface area contributed by atoms with Gasteiger partial charge in [-0.3, -0.25) is 4.79 Å². The van der Waals surface area contributed by atoms with Crippen LogP contribution < -0.4 is 5.32 Å². The molecular formula is C8H15NO2S. The van der Waals surface area contributed by atoms with Crippen LogP contribution in [-0.2, 0) is 4.79 Å². The Bertz CT molecular complexity index is 205. The van der Waals surface area contributed by atoms with Gasteiger partial charge in [0.15, 0.2) is 0 Å². The summed E-state index contributed by atoms with van der Waals surface area (Å²) >= 11 is 1.71. The number of aliphatic carboxylic acids is 1. The lowest BCUT2D eigenvalue weighted by molar-refractivity contribution is -0.145. The van der Waals surface area contributed by atoms with Crippen molar-refractivity contribution in [1.82, 2.24) is 5.32 Å². The summed E-state index contributed by atoms with van der Waals surface area (Å²) in [5.41, 5.74) is -0.796. The lowest BCUT2D eigenvalue weighted by Crippen LogP contribution is -2.64. The molecule has 1 aliphatic rings. The molecule has 0 aromatic rings. The van der Waals surface area contributed by atoms with Gasteiger partial charge in [0, 0.05) is 17.0 Å². The summed E-state index contributed by atoms with van der Waals surface area (Å²) in [4.78, 5) is 11.0. The van der Waals surface area contributed by atoms with E-state index in [1.165, 1.54) is 0 Å². The molecule has 0 aliphatic carbocycles. The first-order chi connectivity index (χ1) is 5.40. The summed E-state index contributed by atoms with van der Waals surface area (Å²) in [7, 11) is 0. The van der Waals surface area contributed by atoms with Crippen LogP contribution in [0.25, 0.3) is 0 Å². The van der Waals surface area contributed by atoms with Gasteiger partial charge in [0.1, 0.15) is 5.54 Å². The summed E-state index contributed by atoms with van der Waals surface area (Å²) in [6, 6.07) is 0. The fourth-order valence-corrected chi connectivity index (χ4v) is 2.46. The Morgan fingerprint density at radius 2 is 2.08 bits per heavy atom. The lowest BCUT2D eigenvalue weighted by atomic mass is 9.87. The summed E-state index contributed by atoms with van der Waals surface area (Å²) < 4.78 is -0.239. The zero-order valence-corrected chi connectivity index (χ0v) is 8.49. The molecule has 1 heterocycles. The number of carboxylic acid groups (broad SMARTS) is 1. The van der Waals surface area contributed by atoms with Gasteiger partial charge in [0.2, 0.25) is 0 Å². The fraction of sp³-hybridized carbons (Fsp3) is 0.875. The zero-order valence-electron chi connectivity index (χ0n) is 7.68. The van der Waals surface area contributed by atoms with Crippen molar-refractivity contribution in [3.8, 4) is 0 Å². The second-order valence-electron chi connectivity index (χ2n) is 3.72. The Morgan fingerprint density at radius 3 is 2.42 bits per heavy atom. The maximum atomic E-state index is 11.0. The molecule has 1 saturated heterocycles. The first-order valence-corrected chi connectivity index (χ1v) is 5.01. The topological polar surface area (TPSA) is 49.3 Å². The Kier molecular flexibility index (Phi) is 2.40. The van der Waals surface area contributed by atoms with E-state index in [0.29, 0.717) is 0 Å². The zero-order chi connectivity index (χ0) is 9.41. The molecule has 1 aliphatic heterocycles. The van der Waals surface area contributed by atoms with Crippen LogP contribution in [0.1, 0.15) is 20.8 Å². The van der Waals surface area contributed by atoms with E-state index in [2.05, 4.69) is 5.32 Å². The van der Waals surface area contributed by atoms with Gasteiger partial charge in [-0.1, -0.05) is 0 Å². The van der Waals surface area contributed by atoms with E-state index in [4.69, 9.17) is 5.11 Å². The fourth-order valence-electron chi connectivity index (χ4n) is 1.30. The van der Waals surface area contributed by atoms with Crippen LogP contribution in [0.15, 0.2) is 0 Å². The molecule has 0 bridgehead atoms. The van der Waals surface area contributed by atoms with Crippen molar-refractivity contribution >= 4 is 17.7 Å². The minimum atomic E-state index is -0.796. The van der Waals surface area contributed by atoms with Gasteiger partial charge < -0.3 is 10.4 Å². The van der Waals surface area contributed by atoms with Crippen molar-refractivity contribution < 1.29 is 9.90 Å². The molecular weight excluding hydrogens is 174 g/mol. The predicted octanol–water partition coefficient (Wildman–Crippen LogP) is 0.945. The number of hydrogen-bond acceptors (Lipinski definition) is 3. The molecule has 0 amide bonds. The average Bonchev–Trinajstić information content (AvgIpc) is 1.95. The monoisotopic (exact) mass is 189 g/mol. The van der Waals surface area contributed by atoms with Crippen molar-refractivity contribution in [2.24, 2.45) is 0 Å². The van der Waals surface area contributed by atoms with E-state index in [1.54, 1.807) is 18.7 Å². The first-order valence-electron chi connectivity index (χ1n) is 4.02. The molecule has 2 N–H and O–H groups in total. The lowest BCUT2D eigenvalue weighted by Gasteiger charge is -2.44. The molecule has 0 unspecified atom stereocenters. The van der Waals surface area contributed by atoms with Crippen LogP contribution in [-0.4, -0.2) is 33.7 Å². The number of hydrogen-bond donors (Lipinski definition) is 2. The van der Waals surface area contributed by atoms with Crippen molar-refractivity contribution in [1.29, 1.82) is 0 Å². The van der Waals surface area contributed by atoms with Crippen molar-refractivity contribution in [2.75, 3.05) is 12.3 Å². The van der Waals surface area contributed by atoms with Gasteiger partial charge in [0.05, 0.1) is 0 Å². The highest BCUT2D eigenvalue weighted by Gasteiger charge is 2.49. The second-order valence-corrected chi connectivity index (χ2v) is 5.43. The van der Waals surface area contributed by atoms with Crippen LogP contribution in [0.3, 0.4) is 0 Å². The maximum Gasteiger partial charge on any atom is 0.325 e. The van der Waals surface area contributed by atoms with E-state index in [0.717, 1.165) is 12.3 Å². The quantitative estimate of drug-likeness (QED) is 0.644. The summed E-state index contributed by atoms with van der Waals surface area (Å²) in [6.07, 6.45) is 0. The number of carboxylic acids is 1. The van der Waals surface area contributed by atoms with Crippen molar-refractivity contribution in [3.05, 3.63) is 0 Å². The highest BCUT2D eigenvalue weighted by molar-refractivity contribution is 8.00. The largest absolute Gasteiger partial charge is 0.480 e. The molecule has 12 heavy (non-hydrogen) atoms. The molecule has 0 saturated carbocycles. The molecule has 1 fully saturated rings. The minimum Gasteiger partial charge on any atom is -0.480 e. The molecule has 0 aromatic carbocycles. The molecule has 0 aromatic heterocycles. The van der Waals surface area contributed by atoms with Gasteiger partial charge in [-0.15, -0.1) is 0 Å². The Hall–Kier alpha value is -0.220. The van der Waals surface area contributed by atoms with E-state index in [-0.39, 0.29) is 4.75 Å². The van der Waals surface area contributed by atoms with E-state index in [1.807, 2.05) is 13.8 Å². The van der Waals surface area contributed by atoms with Crippen LogP contribution >= 0.6 is 11.8 Å². The Balaban J connectivity index is 2.91. The number of carbonyl (C=O) groups is 1. The van der Waals surface area contributed by atoms with Crippen LogP contribution in [0, 0.1) is 0 Å². The smallest absolute Gasteiger partial charge is 0.325 e. The summed E-state index contributed by atoms with van der Waals surface area (Å²) in [6.45, 7) is 6.47. The van der Waals surface area contributed by atoms with Crippen molar-refractivity contribution in [2.45, 2.75) is 31.1 Å². The van der Waals surface area contributed by atoms with E-state index in [9.17, 15) is 4.79 Å². The summed E-state index contributed by atoms with van der Waals surface area (Å²) in [5, 5.41) is 12.1. The van der Waals surface area contributed by atoms with Crippen LogP contribution in [0.4, 0.5) is 0 Å². The van der Waals surface area contributed by atoms with Crippen LogP contribution in [0.5, 0.6) is 0 Å². The third-order valence-corrected chi connectivity index (χ3v) is 4.21. The number of nitrogens with one attached hydrogen (secondary N) is 1. The molecule has 1 rings (SSSR count). The molecule has 3 nitrogen and oxygen atoms in total. The number of thioether (sulfide) groups is 1. The average molecular weight is 189 g/mol. The van der Waals surface area contributed by atoms with E-state index < -0.39 is 11.5 Å². The van der Waals surface area contributed by atoms with Crippen LogP contribution in [0.2, 0.25) is 0 Å². The number of rotatable bonds is 1.